The molecule has 32 heavy (non-hydrogen) atoms. The molecular formula is C25H17BrN2O4. The number of ketones is 1. The van der Waals surface area contributed by atoms with Gasteiger partial charge in [-0.25, -0.2) is 4.90 Å². The molecule has 6 rings (SSSR count). The minimum absolute atomic E-state index is 0.184. The Bertz CT molecular complexity index is 1280. The number of carbonyl (C=O) groups excluding carboxylic acids is 3. The molecule has 3 aromatic rings. The van der Waals surface area contributed by atoms with Gasteiger partial charge in [0.15, 0.2) is 5.76 Å². The molecule has 1 aromatic heterocycles. The third-order valence-corrected chi connectivity index (χ3v) is 7.11. The lowest BCUT2D eigenvalue weighted by atomic mass is 9.84. The van der Waals surface area contributed by atoms with Crippen molar-refractivity contribution in [3.8, 4) is 0 Å². The number of fused-ring (bicyclic) bond motifs is 5. The minimum Gasteiger partial charge on any atom is -0.461 e. The number of rotatable bonds is 3. The third-order valence-electron chi connectivity index (χ3n) is 6.58. The Morgan fingerprint density at radius 2 is 1.66 bits per heavy atom. The Balaban J connectivity index is 1.50. The maximum absolute atomic E-state index is 13.7. The molecule has 2 saturated heterocycles. The monoisotopic (exact) mass is 488 g/mol. The third kappa shape index (κ3) is 2.61. The molecule has 3 aliphatic heterocycles. The summed E-state index contributed by atoms with van der Waals surface area (Å²) in [7, 11) is 0. The molecule has 4 heterocycles. The van der Waals surface area contributed by atoms with Gasteiger partial charge in [-0.15, -0.1) is 0 Å². The quantitative estimate of drug-likeness (QED) is 0.402. The van der Waals surface area contributed by atoms with E-state index in [1.165, 1.54) is 11.2 Å². The summed E-state index contributed by atoms with van der Waals surface area (Å²) in [5, 5.41) is 0. The second kappa shape index (κ2) is 7.03. The lowest BCUT2D eigenvalue weighted by Gasteiger charge is -2.35. The van der Waals surface area contributed by atoms with E-state index >= 15 is 0 Å². The summed E-state index contributed by atoms with van der Waals surface area (Å²) in [6.45, 7) is 0. The summed E-state index contributed by atoms with van der Waals surface area (Å²) in [6.07, 6.45) is 5.20. The van der Waals surface area contributed by atoms with Crippen molar-refractivity contribution in [3.63, 3.8) is 0 Å². The second-order valence-corrected chi connectivity index (χ2v) is 9.08. The molecule has 0 N–H and O–H groups in total. The Labute approximate surface area is 192 Å². The summed E-state index contributed by atoms with van der Waals surface area (Å²) in [4.78, 5) is 44.0. The van der Waals surface area contributed by atoms with Crippen molar-refractivity contribution in [1.82, 2.24) is 4.90 Å². The topological polar surface area (TPSA) is 70.8 Å². The molecular weight excluding hydrogens is 472 g/mol. The molecule has 2 aromatic carbocycles. The van der Waals surface area contributed by atoms with Crippen LogP contribution in [0.5, 0.6) is 0 Å². The van der Waals surface area contributed by atoms with Crippen LogP contribution in [-0.4, -0.2) is 28.5 Å². The van der Waals surface area contributed by atoms with Crippen LogP contribution in [0.25, 0.3) is 6.08 Å². The lowest BCUT2D eigenvalue weighted by Crippen LogP contribution is -2.44. The van der Waals surface area contributed by atoms with E-state index < -0.39 is 23.9 Å². The normalized spacial score (nSPS) is 25.7. The Morgan fingerprint density at radius 3 is 2.41 bits per heavy atom. The SMILES string of the molecule is O=C(c1ccco1)[C@@H]1[C@@H]2C(=O)N(c3ccc(Br)cc3)C(=O)[C@H]2[C@@H]2c3ccccc3C=CN12. The largest absolute Gasteiger partial charge is 0.461 e. The van der Waals surface area contributed by atoms with Crippen molar-refractivity contribution in [3.05, 3.63) is 94.5 Å². The average Bonchev–Trinajstić information content (AvgIpc) is 3.51. The van der Waals surface area contributed by atoms with Gasteiger partial charge in [-0.3, -0.25) is 14.4 Å². The van der Waals surface area contributed by atoms with Gasteiger partial charge in [0.25, 0.3) is 0 Å². The molecule has 3 aliphatic rings. The number of halogens is 1. The Kier molecular flexibility index (Phi) is 4.23. The van der Waals surface area contributed by atoms with E-state index in [9.17, 15) is 14.4 Å². The first kappa shape index (κ1) is 19.3. The zero-order valence-electron chi connectivity index (χ0n) is 16.7. The highest BCUT2D eigenvalue weighted by molar-refractivity contribution is 9.10. The summed E-state index contributed by atoms with van der Waals surface area (Å²) in [5.74, 6) is -2.21. The van der Waals surface area contributed by atoms with Crippen molar-refractivity contribution in [2.24, 2.45) is 11.8 Å². The number of hydrogen-bond acceptors (Lipinski definition) is 5. The van der Waals surface area contributed by atoms with Crippen LogP contribution in [0.4, 0.5) is 5.69 Å². The van der Waals surface area contributed by atoms with E-state index in [1.807, 2.05) is 41.4 Å². The van der Waals surface area contributed by atoms with Crippen LogP contribution < -0.4 is 4.90 Å². The number of benzene rings is 2. The van der Waals surface area contributed by atoms with Crippen LogP contribution in [0.15, 0.2) is 82.0 Å². The van der Waals surface area contributed by atoms with E-state index in [0.29, 0.717) is 5.69 Å². The van der Waals surface area contributed by atoms with Gasteiger partial charge in [-0.2, -0.15) is 0 Å². The van der Waals surface area contributed by atoms with Crippen molar-refractivity contribution in [2.75, 3.05) is 4.90 Å². The maximum Gasteiger partial charge on any atom is 0.240 e. The summed E-state index contributed by atoms with van der Waals surface area (Å²) >= 11 is 3.39. The van der Waals surface area contributed by atoms with Crippen LogP contribution >= 0.6 is 15.9 Å². The fourth-order valence-electron chi connectivity index (χ4n) is 5.27. The molecule has 7 heteroatoms. The highest BCUT2D eigenvalue weighted by Gasteiger charge is 2.64. The number of imide groups is 1. The predicted octanol–water partition coefficient (Wildman–Crippen LogP) is 4.44. The van der Waals surface area contributed by atoms with E-state index in [-0.39, 0.29) is 23.4 Å². The standard InChI is InChI=1S/C25H17BrN2O4/c26-15-7-9-16(10-8-15)28-24(30)19-20(25(28)31)22(23(29)18-6-3-13-32-18)27-12-11-14-4-1-2-5-17(14)21(19)27/h1-13,19-22H/t19-,20-,21+,22+/m1/s1. The molecule has 0 spiro atoms. The van der Waals surface area contributed by atoms with Crippen LogP contribution in [0, 0.1) is 11.8 Å². The van der Waals surface area contributed by atoms with Gasteiger partial charge in [-0.1, -0.05) is 40.2 Å². The summed E-state index contributed by atoms with van der Waals surface area (Å²) in [5.41, 5.74) is 2.44. The first-order chi connectivity index (χ1) is 15.6. The molecule has 0 radical (unpaired) electrons. The first-order valence-corrected chi connectivity index (χ1v) is 11.1. The summed E-state index contributed by atoms with van der Waals surface area (Å²) < 4.78 is 6.23. The Morgan fingerprint density at radius 1 is 0.906 bits per heavy atom. The fourth-order valence-corrected chi connectivity index (χ4v) is 5.53. The molecule has 0 saturated carbocycles. The number of nitrogens with zero attached hydrogens (tertiary/aromatic N) is 2. The van der Waals surface area contributed by atoms with E-state index in [0.717, 1.165) is 15.6 Å². The van der Waals surface area contributed by atoms with Crippen LogP contribution in [-0.2, 0) is 9.59 Å². The van der Waals surface area contributed by atoms with Crippen molar-refractivity contribution < 1.29 is 18.8 Å². The smallest absolute Gasteiger partial charge is 0.240 e. The molecule has 6 nitrogen and oxygen atoms in total. The van der Waals surface area contributed by atoms with E-state index in [4.69, 9.17) is 4.42 Å². The zero-order chi connectivity index (χ0) is 22.0. The lowest BCUT2D eigenvalue weighted by molar-refractivity contribution is -0.123. The number of furan rings is 1. The number of Topliss-reactive ketones (excluding diaryl/α,β-unsaturated/α-hetero) is 1. The fraction of sp³-hybridized carbons (Fsp3) is 0.160. The number of hydrogen-bond donors (Lipinski definition) is 0. The predicted molar refractivity (Wildman–Crippen MR) is 120 cm³/mol. The van der Waals surface area contributed by atoms with Crippen molar-refractivity contribution in [2.45, 2.75) is 12.1 Å². The first-order valence-electron chi connectivity index (χ1n) is 10.3. The molecule has 0 aliphatic carbocycles. The van der Waals surface area contributed by atoms with Crippen LogP contribution in [0.3, 0.4) is 0 Å². The van der Waals surface area contributed by atoms with Crippen molar-refractivity contribution >= 4 is 45.3 Å². The highest BCUT2D eigenvalue weighted by Crippen LogP contribution is 2.53. The average molecular weight is 489 g/mol. The molecule has 158 valence electrons. The van der Waals surface area contributed by atoms with Gasteiger partial charge in [0, 0.05) is 10.7 Å². The van der Waals surface area contributed by atoms with Gasteiger partial charge >= 0.3 is 0 Å². The molecule has 0 bridgehead atoms. The number of amides is 2. The Hall–Kier alpha value is -3.45. The summed E-state index contributed by atoms with van der Waals surface area (Å²) in [6, 6.07) is 16.9. The minimum atomic E-state index is -0.822. The number of anilines is 1. The molecule has 2 fully saturated rings. The van der Waals surface area contributed by atoms with Gasteiger partial charge in [0.2, 0.25) is 17.6 Å². The van der Waals surface area contributed by atoms with E-state index in [1.54, 1.807) is 36.4 Å². The molecule has 2 amide bonds. The maximum atomic E-state index is 13.7. The van der Waals surface area contributed by atoms with Gasteiger partial charge in [0.1, 0.15) is 6.04 Å². The number of carbonyl (C=O) groups is 3. The van der Waals surface area contributed by atoms with Crippen molar-refractivity contribution in [1.29, 1.82) is 0 Å². The molecule has 4 atom stereocenters. The van der Waals surface area contributed by atoms with Gasteiger partial charge < -0.3 is 9.32 Å². The van der Waals surface area contributed by atoms with Crippen LogP contribution in [0.2, 0.25) is 0 Å². The van der Waals surface area contributed by atoms with Gasteiger partial charge in [0.05, 0.1) is 29.8 Å². The van der Waals surface area contributed by atoms with E-state index in [2.05, 4.69) is 15.9 Å². The zero-order valence-corrected chi connectivity index (χ0v) is 18.3. The van der Waals surface area contributed by atoms with Crippen LogP contribution in [0.1, 0.15) is 27.7 Å². The molecule has 0 unspecified atom stereocenters. The highest BCUT2D eigenvalue weighted by atomic mass is 79.9. The van der Waals surface area contributed by atoms with Gasteiger partial charge in [-0.05, 0) is 53.6 Å². The second-order valence-electron chi connectivity index (χ2n) is 8.16.